The van der Waals surface area contributed by atoms with Gasteiger partial charge in [-0.2, -0.15) is 0 Å². The summed E-state index contributed by atoms with van der Waals surface area (Å²) in [5, 5.41) is 3.08. The van der Waals surface area contributed by atoms with Crippen LogP contribution >= 0.6 is 22.9 Å². The Bertz CT molecular complexity index is 433. The predicted molar refractivity (Wildman–Crippen MR) is 82.8 cm³/mol. The molecule has 0 radical (unpaired) electrons. The fourth-order valence-corrected chi connectivity index (χ4v) is 3.29. The summed E-state index contributed by atoms with van der Waals surface area (Å²) in [6.07, 6.45) is 0.868. The summed E-state index contributed by atoms with van der Waals surface area (Å²) in [4.78, 5) is 13.3. The Morgan fingerprint density at radius 3 is 2.53 bits per heavy atom. The SMILES string of the molecule is CC(C)CC(C)(CN)NC(=O)C(C)c1ccc(Cl)s1. The van der Waals surface area contributed by atoms with Gasteiger partial charge in [-0.15, -0.1) is 11.3 Å². The van der Waals surface area contributed by atoms with Gasteiger partial charge in [0.25, 0.3) is 0 Å². The summed E-state index contributed by atoms with van der Waals surface area (Å²) in [7, 11) is 0. The standard InChI is InChI=1S/C14H23ClN2OS/c1-9(2)7-14(4,8-16)17-13(18)10(3)11-5-6-12(15)19-11/h5-6,9-10H,7-8,16H2,1-4H3,(H,17,18). The highest BCUT2D eigenvalue weighted by Gasteiger charge is 2.28. The molecule has 0 aliphatic rings. The largest absolute Gasteiger partial charge is 0.349 e. The van der Waals surface area contributed by atoms with E-state index in [9.17, 15) is 4.79 Å². The Morgan fingerprint density at radius 1 is 1.47 bits per heavy atom. The molecule has 0 spiro atoms. The van der Waals surface area contributed by atoms with Gasteiger partial charge in [0.2, 0.25) is 5.91 Å². The van der Waals surface area contributed by atoms with Crippen molar-refractivity contribution in [2.75, 3.05) is 6.54 Å². The van der Waals surface area contributed by atoms with Crippen LogP contribution < -0.4 is 11.1 Å². The number of hydrogen-bond acceptors (Lipinski definition) is 3. The van der Waals surface area contributed by atoms with E-state index in [-0.39, 0.29) is 17.4 Å². The summed E-state index contributed by atoms with van der Waals surface area (Å²) in [5.41, 5.74) is 5.47. The maximum atomic E-state index is 12.3. The van der Waals surface area contributed by atoms with Gasteiger partial charge in [0.15, 0.2) is 0 Å². The average molecular weight is 303 g/mol. The minimum atomic E-state index is -0.347. The fourth-order valence-electron chi connectivity index (χ4n) is 2.18. The van der Waals surface area contributed by atoms with Crippen LogP contribution in [0.2, 0.25) is 4.34 Å². The van der Waals surface area contributed by atoms with E-state index < -0.39 is 0 Å². The Kier molecular flexibility index (Phi) is 5.83. The lowest BCUT2D eigenvalue weighted by Gasteiger charge is -2.32. The van der Waals surface area contributed by atoms with E-state index in [1.807, 2.05) is 26.0 Å². The smallest absolute Gasteiger partial charge is 0.228 e. The van der Waals surface area contributed by atoms with Crippen molar-refractivity contribution in [3.63, 3.8) is 0 Å². The van der Waals surface area contributed by atoms with Crippen molar-refractivity contribution < 1.29 is 4.79 Å². The first kappa shape index (κ1) is 16.5. The van der Waals surface area contributed by atoms with E-state index in [1.165, 1.54) is 11.3 Å². The van der Waals surface area contributed by atoms with Crippen LogP contribution in [-0.4, -0.2) is 18.0 Å². The highest BCUT2D eigenvalue weighted by Crippen LogP contribution is 2.28. The van der Waals surface area contributed by atoms with Gasteiger partial charge in [-0.1, -0.05) is 25.4 Å². The van der Waals surface area contributed by atoms with Crippen molar-refractivity contribution in [1.82, 2.24) is 5.32 Å². The second kappa shape index (κ2) is 6.73. The zero-order chi connectivity index (χ0) is 14.6. The van der Waals surface area contributed by atoms with Crippen LogP contribution in [0.1, 0.15) is 44.9 Å². The molecule has 3 N–H and O–H groups in total. The Hall–Kier alpha value is -0.580. The Morgan fingerprint density at radius 2 is 2.11 bits per heavy atom. The molecule has 0 bridgehead atoms. The number of halogens is 1. The quantitative estimate of drug-likeness (QED) is 0.846. The summed E-state index contributed by atoms with van der Waals surface area (Å²) < 4.78 is 0.707. The van der Waals surface area contributed by atoms with Gasteiger partial charge in [-0.25, -0.2) is 0 Å². The van der Waals surface area contributed by atoms with E-state index in [1.54, 1.807) is 0 Å². The number of thiophene rings is 1. The molecule has 1 rings (SSSR count). The number of nitrogens with two attached hydrogens (primary N) is 1. The minimum absolute atomic E-state index is 0.00659. The second-order valence-corrected chi connectivity index (χ2v) is 7.46. The summed E-state index contributed by atoms with van der Waals surface area (Å²) >= 11 is 7.35. The number of carbonyl (C=O) groups is 1. The average Bonchev–Trinajstić information content (AvgIpc) is 2.73. The monoisotopic (exact) mass is 302 g/mol. The zero-order valence-electron chi connectivity index (χ0n) is 12.0. The van der Waals surface area contributed by atoms with Crippen LogP contribution in [0.3, 0.4) is 0 Å². The van der Waals surface area contributed by atoms with Gasteiger partial charge in [-0.05, 0) is 38.3 Å². The lowest BCUT2D eigenvalue weighted by molar-refractivity contribution is -0.124. The molecule has 1 heterocycles. The van der Waals surface area contributed by atoms with E-state index in [4.69, 9.17) is 17.3 Å². The number of amides is 1. The molecular weight excluding hydrogens is 280 g/mol. The highest BCUT2D eigenvalue weighted by molar-refractivity contribution is 7.16. The first-order valence-electron chi connectivity index (χ1n) is 6.55. The molecule has 0 aliphatic heterocycles. The molecule has 0 fully saturated rings. The maximum absolute atomic E-state index is 12.3. The number of rotatable bonds is 6. The number of hydrogen-bond donors (Lipinski definition) is 2. The summed E-state index contributed by atoms with van der Waals surface area (Å²) in [6.45, 7) is 8.59. The van der Waals surface area contributed by atoms with Gasteiger partial charge < -0.3 is 11.1 Å². The molecule has 108 valence electrons. The molecule has 2 atom stereocenters. The van der Waals surface area contributed by atoms with Gasteiger partial charge in [0, 0.05) is 17.0 Å². The third kappa shape index (κ3) is 4.79. The fraction of sp³-hybridized carbons (Fsp3) is 0.643. The van der Waals surface area contributed by atoms with Crippen molar-refractivity contribution in [3.8, 4) is 0 Å². The molecule has 0 saturated carbocycles. The van der Waals surface area contributed by atoms with E-state index in [0.29, 0.717) is 16.8 Å². The first-order chi connectivity index (χ1) is 8.77. The molecule has 19 heavy (non-hydrogen) atoms. The molecule has 1 amide bonds. The normalized spacial score (nSPS) is 16.2. The molecule has 3 nitrogen and oxygen atoms in total. The van der Waals surface area contributed by atoms with Gasteiger partial charge >= 0.3 is 0 Å². The zero-order valence-corrected chi connectivity index (χ0v) is 13.6. The molecule has 0 aromatic carbocycles. The van der Waals surface area contributed by atoms with Gasteiger partial charge in [0.1, 0.15) is 0 Å². The lowest BCUT2D eigenvalue weighted by atomic mass is 9.90. The third-order valence-corrected chi connectivity index (χ3v) is 4.56. The van der Waals surface area contributed by atoms with Gasteiger partial charge in [0.05, 0.1) is 10.3 Å². The first-order valence-corrected chi connectivity index (χ1v) is 7.74. The molecule has 0 aliphatic carbocycles. The molecule has 0 saturated heterocycles. The van der Waals surface area contributed by atoms with Crippen molar-refractivity contribution >= 4 is 28.8 Å². The third-order valence-electron chi connectivity index (χ3n) is 3.15. The van der Waals surface area contributed by atoms with Crippen molar-refractivity contribution in [2.45, 2.75) is 45.6 Å². The van der Waals surface area contributed by atoms with Crippen LogP contribution in [0.25, 0.3) is 0 Å². The molecule has 2 unspecified atom stereocenters. The van der Waals surface area contributed by atoms with E-state index in [2.05, 4.69) is 19.2 Å². The lowest BCUT2D eigenvalue weighted by Crippen LogP contribution is -2.53. The molecule has 1 aromatic rings. The van der Waals surface area contributed by atoms with Gasteiger partial charge in [-0.3, -0.25) is 4.79 Å². The summed E-state index contributed by atoms with van der Waals surface area (Å²) in [6, 6.07) is 3.72. The predicted octanol–water partition coefficient (Wildman–Crippen LogP) is 3.38. The van der Waals surface area contributed by atoms with Crippen molar-refractivity contribution in [2.24, 2.45) is 11.7 Å². The highest BCUT2D eigenvalue weighted by atomic mass is 35.5. The van der Waals surface area contributed by atoms with Crippen LogP contribution in [0.5, 0.6) is 0 Å². The molecule has 5 heteroatoms. The van der Waals surface area contributed by atoms with Crippen molar-refractivity contribution in [1.29, 1.82) is 0 Å². The Balaban J connectivity index is 2.72. The maximum Gasteiger partial charge on any atom is 0.228 e. The van der Waals surface area contributed by atoms with Crippen molar-refractivity contribution in [3.05, 3.63) is 21.3 Å². The van der Waals surface area contributed by atoms with E-state index >= 15 is 0 Å². The Labute approximate surface area is 124 Å². The number of carbonyl (C=O) groups excluding carboxylic acids is 1. The van der Waals surface area contributed by atoms with E-state index in [0.717, 1.165) is 11.3 Å². The second-order valence-electron chi connectivity index (χ2n) is 5.72. The number of nitrogens with one attached hydrogen (secondary N) is 1. The van der Waals surface area contributed by atoms with Crippen LogP contribution in [-0.2, 0) is 4.79 Å². The summed E-state index contributed by atoms with van der Waals surface area (Å²) in [5.74, 6) is 0.294. The molecular formula is C14H23ClN2OS. The molecule has 1 aromatic heterocycles. The minimum Gasteiger partial charge on any atom is -0.349 e. The van der Waals surface area contributed by atoms with Crippen LogP contribution in [0.15, 0.2) is 12.1 Å². The topological polar surface area (TPSA) is 55.1 Å². The van der Waals surface area contributed by atoms with Crippen LogP contribution in [0, 0.1) is 5.92 Å². The van der Waals surface area contributed by atoms with Crippen LogP contribution in [0.4, 0.5) is 0 Å².